The summed E-state index contributed by atoms with van der Waals surface area (Å²) in [6.45, 7) is 9.62. The van der Waals surface area contributed by atoms with Gasteiger partial charge < -0.3 is 15.4 Å². The van der Waals surface area contributed by atoms with Crippen LogP contribution in [-0.2, 0) is 38.5 Å². The van der Waals surface area contributed by atoms with Crippen LogP contribution in [0.4, 0.5) is 0 Å². The van der Waals surface area contributed by atoms with E-state index in [0.29, 0.717) is 13.0 Å². The second kappa shape index (κ2) is 19.8. The molecule has 9 heteroatoms. The highest BCUT2D eigenvalue weighted by Gasteiger charge is 2.30. The Kier molecular flexibility index (Phi) is 16.5. The molecule has 0 radical (unpaired) electrons. The quantitative estimate of drug-likeness (QED) is 0.166. The minimum absolute atomic E-state index is 0.00632. The monoisotopic (exact) mass is 680 g/mol. The fourth-order valence-electron chi connectivity index (χ4n) is 5.23. The molecule has 1 unspecified atom stereocenters. The topological polar surface area (TPSA) is 99.8 Å². The molecule has 0 aliphatic heterocycles. The summed E-state index contributed by atoms with van der Waals surface area (Å²) in [5.41, 5.74) is 8.14. The molecule has 3 N–H and O–H groups in total. The molecule has 8 nitrogen and oxygen atoms in total. The average molecular weight is 682 g/mol. The number of aryl methyl sites for hydroxylation is 2. The first-order valence-electron chi connectivity index (χ1n) is 15.3. The molecule has 4 rings (SSSR count). The van der Waals surface area contributed by atoms with E-state index in [1.54, 1.807) is 6.92 Å². The molecule has 3 aromatic rings. The van der Waals surface area contributed by atoms with Gasteiger partial charge in [0, 0.05) is 24.5 Å². The Hall–Kier alpha value is -3.53. The highest BCUT2D eigenvalue weighted by molar-refractivity contribution is 9.10. The Bertz CT molecular complexity index is 1310. The molecular weight excluding hydrogens is 632 g/mol. The van der Waals surface area contributed by atoms with Crippen LogP contribution in [0.2, 0.25) is 0 Å². The molecule has 1 aliphatic rings. The summed E-state index contributed by atoms with van der Waals surface area (Å²) >= 11 is 3.48. The minimum atomic E-state index is -0.256. The lowest BCUT2D eigenvalue weighted by atomic mass is 9.86. The number of carbonyl (C=O) groups is 3. The van der Waals surface area contributed by atoms with Crippen LogP contribution in [0.5, 0.6) is 0 Å². The van der Waals surface area contributed by atoms with Crippen LogP contribution >= 0.6 is 15.9 Å². The Morgan fingerprint density at radius 1 is 1.00 bits per heavy atom. The van der Waals surface area contributed by atoms with Gasteiger partial charge in [0.05, 0.1) is 19.2 Å². The van der Waals surface area contributed by atoms with Crippen molar-refractivity contribution in [2.24, 2.45) is 5.41 Å². The average Bonchev–Trinajstić information content (AvgIpc) is 3.41. The number of amides is 2. The van der Waals surface area contributed by atoms with Crippen molar-refractivity contribution in [3.8, 4) is 0 Å². The van der Waals surface area contributed by atoms with Crippen molar-refractivity contribution in [1.29, 1.82) is 0 Å². The number of carbonyl (C=O) groups excluding carboxylic acids is 3. The van der Waals surface area contributed by atoms with E-state index in [1.165, 1.54) is 29.4 Å². The van der Waals surface area contributed by atoms with Crippen molar-refractivity contribution < 1.29 is 19.1 Å². The van der Waals surface area contributed by atoms with Crippen molar-refractivity contribution in [2.45, 2.75) is 72.0 Å². The normalized spacial score (nSPS) is 14.1. The third kappa shape index (κ3) is 14.0. The molecule has 2 amide bonds. The number of likely N-dealkylation sites (N-methyl/N-ethyl adjacent to an activating group) is 1. The second-order valence-corrected chi connectivity index (χ2v) is 12.9. The standard InChI is InChI=1S/C23H32BrN3O.C11H13NO.C2H4O2/c1-23(2,3)21(25-4)22(28)26-27(17-19-12-14-20(24)15-13-19)16-8-11-18-9-6-5-7-10-18;1-8(13)12-11-7-6-9-4-2-3-5-10(9)11;1-4-2-3/h5-7,9-10,12-15,21,25H,8,11,16-17H2,1-4H3,(H,26,28);2-5,11H,6-7H2,1H3,(H,12,13);2H,1H3/t;11-;/m.1./s1. The molecule has 45 heavy (non-hydrogen) atoms. The van der Waals surface area contributed by atoms with Crippen molar-refractivity contribution in [2.75, 3.05) is 20.7 Å². The maximum Gasteiger partial charge on any atom is 0.292 e. The Morgan fingerprint density at radius 3 is 2.20 bits per heavy atom. The minimum Gasteiger partial charge on any atom is -0.471 e. The number of fused-ring (bicyclic) bond motifs is 1. The summed E-state index contributed by atoms with van der Waals surface area (Å²) in [4.78, 5) is 32.7. The van der Waals surface area contributed by atoms with Gasteiger partial charge >= 0.3 is 0 Å². The summed E-state index contributed by atoms with van der Waals surface area (Å²) in [7, 11) is 3.15. The molecule has 3 aromatic carbocycles. The van der Waals surface area contributed by atoms with Crippen LogP contribution in [-0.4, -0.2) is 50.0 Å². The molecule has 0 aromatic heterocycles. The lowest BCUT2D eigenvalue weighted by molar-refractivity contribution is -0.131. The SMILES string of the molecule is CC(=O)N[C@@H]1CCc2ccccc21.CNC(C(=O)NN(CCCc1ccccc1)Cc1ccc(Br)cc1)C(C)(C)C.COC=O. The lowest BCUT2D eigenvalue weighted by Gasteiger charge is -2.32. The Morgan fingerprint density at radius 2 is 1.62 bits per heavy atom. The van der Waals surface area contributed by atoms with E-state index < -0.39 is 0 Å². The number of hydrogen-bond donors (Lipinski definition) is 3. The van der Waals surface area contributed by atoms with Gasteiger partial charge in [-0.05, 0) is 72.5 Å². The van der Waals surface area contributed by atoms with Crippen LogP contribution < -0.4 is 16.1 Å². The molecule has 0 spiro atoms. The van der Waals surface area contributed by atoms with Crippen molar-refractivity contribution in [3.05, 3.63) is 106 Å². The van der Waals surface area contributed by atoms with Crippen LogP contribution in [0.25, 0.3) is 0 Å². The number of methoxy groups -OCH3 is 1. The number of nitrogens with one attached hydrogen (secondary N) is 3. The van der Waals surface area contributed by atoms with Crippen molar-refractivity contribution >= 4 is 34.2 Å². The van der Waals surface area contributed by atoms with Gasteiger partial charge in [-0.2, -0.15) is 0 Å². The lowest BCUT2D eigenvalue weighted by Crippen LogP contribution is -2.55. The zero-order valence-electron chi connectivity index (χ0n) is 27.4. The molecule has 0 heterocycles. The van der Waals surface area contributed by atoms with Gasteiger partial charge in [0.15, 0.2) is 0 Å². The van der Waals surface area contributed by atoms with Gasteiger partial charge in [0.1, 0.15) is 0 Å². The second-order valence-electron chi connectivity index (χ2n) is 12.0. The van der Waals surface area contributed by atoms with E-state index in [0.717, 1.165) is 36.7 Å². The number of rotatable bonds is 11. The van der Waals surface area contributed by atoms with E-state index in [2.05, 4.69) is 112 Å². The zero-order valence-corrected chi connectivity index (χ0v) is 29.0. The zero-order chi connectivity index (χ0) is 33.2. The molecular formula is C36H49BrN4O4. The van der Waals surface area contributed by atoms with Gasteiger partial charge in [-0.25, -0.2) is 5.01 Å². The van der Waals surface area contributed by atoms with Gasteiger partial charge in [-0.1, -0.05) is 103 Å². The number of nitrogens with zero attached hydrogens (tertiary/aromatic N) is 1. The van der Waals surface area contributed by atoms with E-state index in [4.69, 9.17) is 4.79 Å². The molecule has 0 saturated heterocycles. The molecule has 0 saturated carbocycles. The van der Waals surface area contributed by atoms with Crippen LogP contribution in [0.1, 0.15) is 68.8 Å². The van der Waals surface area contributed by atoms with Gasteiger partial charge in [-0.3, -0.25) is 19.8 Å². The van der Waals surface area contributed by atoms with E-state index >= 15 is 0 Å². The third-order valence-electron chi connectivity index (χ3n) is 7.31. The largest absolute Gasteiger partial charge is 0.471 e. The summed E-state index contributed by atoms with van der Waals surface area (Å²) in [5.74, 6) is 0.0634. The first-order valence-corrected chi connectivity index (χ1v) is 16.1. The highest BCUT2D eigenvalue weighted by Crippen LogP contribution is 2.30. The number of benzene rings is 3. The molecule has 244 valence electrons. The van der Waals surface area contributed by atoms with Crippen LogP contribution in [0.3, 0.4) is 0 Å². The molecule has 2 atom stereocenters. The number of hydrogen-bond acceptors (Lipinski definition) is 6. The summed E-state index contributed by atoms with van der Waals surface area (Å²) < 4.78 is 4.92. The number of ether oxygens (including phenoxy) is 1. The maximum absolute atomic E-state index is 12.9. The Labute approximate surface area is 277 Å². The third-order valence-corrected chi connectivity index (χ3v) is 7.84. The summed E-state index contributed by atoms with van der Waals surface area (Å²) in [6.07, 6.45) is 4.09. The predicted octanol–water partition coefficient (Wildman–Crippen LogP) is 6.15. The first-order chi connectivity index (χ1) is 21.5. The van der Waals surface area contributed by atoms with Crippen LogP contribution in [0, 0.1) is 5.41 Å². The molecule has 1 aliphatic carbocycles. The van der Waals surface area contributed by atoms with Gasteiger partial charge in [0.2, 0.25) is 5.91 Å². The summed E-state index contributed by atoms with van der Waals surface area (Å²) in [6, 6.07) is 27.0. The fourth-order valence-corrected chi connectivity index (χ4v) is 5.50. The van der Waals surface area contributed by atoms with Gasteiger partial charge in [0.25, 0.3) is 12.4 Å². The van der Waals surface area contributed by atoms with E-state index in [9.17, 15) is 9.59 Å². The fraction of sp³-hybridized carbons (Fsp3) is 0.417. The molecule has 0 fully saturated rings. The van der Waals surface area contributed by atoms with E-state index in [1.807, 2.05) is 36.3 Å². The van der Waals surface area contributed by atoms with Crippen molar-refractivity contribution in [3.63, 3.8) is 0 Å². The predicted molar refractivity (Wildman–Crippen MR) is 184 cm³/mol. The summed E-state index contributed by atoms with van der Waals surface area (Å²) in [5, 5.41) is 8.15. The van der Waals surface area contributed by atoms with Crippen LogP contribution in [0.15, 0.2) is 83.3 Å². The van der Waals surface area contributed by atoms with Gasteiger partial charge in [-0.15, -0.1) is 0 Å². The van der Waals surface area contributed by atoms with Crippen molar-refractivity contribution in [1.82, 2.24) is 21.1 Å². The highest BCUT2D eigenvalue weighted by atomic mass is 79.9. The first kappa shape index (κ1) is 37.7. The number of halogens is 1. The Balaban J connectivity index is 0.000000340. The smallest absolute Gasteiger partial charge is 0.292 e. The molecule has 0 bridgehead atoms. The maximum atomic E-state index is 12.9. The van der Waals surface area contributed by atoms with E-state index in [-0.39, 0.29) is 29.3 Å². The number of hydrazine groups is 1.